The predicted molar refractivity (Wildman–Crippen MR) is 86.0 cm³/mol. The first-order valence-electron chi connectivity index (χ1n) is 6.99. The van der Waals surface area contributed by atoms with Gasteiger partial charge in [0.15, 0.2) is 0 Å². The molecular weight excluding hydrogens is 266 g/mol. The van der Waals surface area contributed by atoms with Crippen molar-refractivity contribution >= 4 is 11.7 Å². The molecule has 1 aromatic rings. The number of benzene rings is 1. The molecule has 0 fully saturated rings. The van der Waals surface area contributed by atoms with Crippen LogP contribution in [0.1, 0.15) is 44.0 Å². The van der Waals surface area contributed by atoms with E-state index in [4.69, 9.17) is 5.11 Å². The van der Waals surface area contributed by atoms with E-state index in [1.54, 1.807) is 6.07 Å². The smallest absolute Gasteiger partial charge is 0.339 e. The van der Waals surface area contributed by atoms with Crippen LogP contribution in [-0.2, 0) is 0 Å². The number of nitrogens with one attached hydrogen (secondary N) is 1. The number of anilines is 1. The van der Waals surface area contributed by atoms with Crippen LogP contribution in [0, 0.1) is 0 Å². The van der Waals surface area contributed by atoms with Gasteiger partial charge in [-0.1, -0.05) is 23.3 Å². The van der Waals surface area contributed by atoms with E-state index in [0.29, 0.717) is 12.2 Å². The fourth-order valence-electron chi connectivity index (χ4n) is 1.86. The number of carboxylic acids is 1. The van der Waals surface area contributed by atoms with Crippen LogP contribution in [0.4, 0.5) is 5.69 Å². The molecule has 3 N–H and O–H groups in total. The maximum Gasteiger partial charge on any atom is 0.339 e. The summed E-state index contributed by atoms with van der Waals surface area (Å²) in [5.74, 6) is -1.36. The highest BCUT2D eigenvalue weighted by Gasteiger charge is 2.08. The second-order valence-corrected chi connectivity index (χ2v) is 5.29. The van der Waals surface area contributed by atoms with Crippen LogP contribution in [-0.4, -0.2) is 22.7 Å². The highest BCUT2D eigenvalue weighted by atomic mass is 16.4. The molecule has 114 valence electrons. The maximum absolute atomic E-state index is 10.8. The lowest BCUT2D eigenvalue weighted by atomic mass is 10.1. The number of aromatic carboxylic acids is 1. The summed E-state index contributed by atoms with van der Waals surface area (Å²) in [7, 11) is 0. The van der Waals surface area contributed by atoms with Gasteiger partial charge in [-0.3, -0.25) is 0 Å². The summed E-state index contributed by atoms with van der Waals surface area (Å²) in [4.78, 5) is 10.8. The highest BCUT2D eigenvalue weighted by molar-refractivity contribution is 5.91. The fourth-order valence-corrected chi connectivity index (χ4v) is 1.86. The topological polar surface area (TPSA) is 69.6 Å². The number of rotatable bonds is 7. The molecular formula is C17H23NO3. The number of hydrogen-bond donors (Lipinski definition) is 3. The summed E-state index contributed by atoms with van der Waals surface area (Å²) in [5, 5.41) is 21.6. The van der Waals surface area contributed by atoms with Crippen molar-refractivity contribution in [3.05, 3.63) is 47.1 Å². The van der Waals surface area contributed by atoms with Gasteiger partial charge in [0.1, 0.15) is 11.3 Å². The van der Waals surface area contributed by atoms with Gasteiger partial charge in [0.25, 0.3) is 0 Å². The van der Waals surface area contributed by atoms with Crippen molar-refractivity contribution in [1.82, 2.24) is 0 Å². The van der Waals surface area contributed by atoms with Gasteiger partial charge in [-0.15, -0.1) is 0 Å². The van der Waals surface area contributed by atoms with Gasteiger partial charge in [-0.25, -0.2) is 4.79 Å². The van der Waals surface area contributed by atoms with Crippen molar-refractivity contribution in [3.63, 3.8) is 0 Å². The van der Waals surface area contributed by atoms with Gasteiger partial charge in [-0.05, 0) is 45.7 Å². The van der Waals surface area contributed by atoms with E-state index in [9.17, 15) is 9.90 Å². The van der Waals surface area contributed by atoms with E-state index in [-0.39, 0.29) is 11.3 Å². The first-order chi connectivity index (χ1) is 9.90. The van der Waals surface area contributed by atoms with Crippen molar-refractivity contribution in [2.24, 2.45) is 0 Å². The molecule has 4 nitrogen and oxygen atoms in total. The zero-order valence-electron chi connectivity index (χ0n) is 12.8. The average molecular weight is 289 g/mol. The lowest BCUT2D eigenvalue weighted by Crippen LogP contribution is -2.01. The van der Waals surface area contributed by atoms with E-state index >= 15 is 0 Å². The largest absolute Gasteiger partial charge is 0.507 e. The molecule has 0 radical (unpaired) electrons. The molecule has 0 bridgehead atoms. The van der Waals surface area contributed by atoms with E-state index in [1.807, 2.05) is 0 Å². The van der Waals surface area contributed by atoms with Crippen LogP contribution in [0.5, 0.6) is 5.75 Å². The van der Waals surface area contributed by atoms with Crippen LogP contribution in [0.3, 0.4) is 0 Å². The van der Waals surface area contributed by atoms with Crippen LogP contribution in [0.25, 0.3) is 0 Å². The number of hydrogen-bond acceptors (Lipinski definition) is 3. The van der Waals surface area contributed by atoms with E-state index in [0.717, 1.165) is 12.8 Å². The van der Waals surface area contributed by atoms with Crippen molar-refractivity contribution in [1.29, 1.82) is 0 Å². The molecule has 0 heterocycles. The van der Waals surface area contributed by atoms with Crippen LogP contribution < -0.4 is 5.32 Å². The lowest BCUT2D eigenvalue weighted by Gasteiger charge is -2.07. The summed E-state index contributed by atoms with van der Waals surface area (Å²) in [6, 6.07) is 4.47. The second kappa shape index (κ2) is 8.15. The lowest BCUT2D eigenvalue weighted by molar-refractivity contribution is 0.0694. The van der Waals surface area contributed by atoms with Gasteiger partial charge in [0.2, 0.25) is 0 Å². The minimum Gasteiger partial charge on any atom is -0.507 e. The van der Waals surface area contributed by atoms with E-state index in [2.05, 4.69) is 38.2 Å². The molecule has 0 aromatic heterocycles. The zero-order chi connectivity index (χ0) is 15.8. The minimum atomic E-state index is -1.13. The Morgan fingerprint density at radius 1 is 1.24 bits per heavy atom. The Labute approximate surface area is 125 Å². The molecule has 0 amide bonds. The highest BCUT2D eigenvalue weighted by Crippen LogP contribution is 2.21. The Morgan fingerprint density at radius 2 is 1.95 bits per heavy atom. The summed E-state index contributed by atoms with van der Waals surface area (Å²) < 4.78 is 0. The molecule has 21 heavy (non-hydrogen) atoms. The summed E-state index contributed by atoms with van der Waals surface area (Å²) in [6.07, 6.45) is 6.38. The summed E-state index contributed by atoms with van der Waals surface area (Å²) in [5.41, 5.74) is 3.24. The van der Waals surface area contributed by atoms with Gasteiger partial charge >= 0.3 is 5.97 Å². The number of carboxylic acid groups (broad SMARTS) is 1. The number of phenols is 1. The van der Waals surface area contributed by atoms with Gasteiger partial charge in [-0.2, -0.15) is 0 Å². The molecule has 1 rings (SSSR count). The number of carbonyl (C=O) groups is 1. The van der Waals surface area contributed by atoms with Crippen molar-refractivity contribution < 1.29 is 15.0 Å². The molecule has 0 saturated heterocycles. The molecule has 0 spiro atoms. The minimum absolute atomic E-state index is 0.0889. The third-order valence-electron chi connectivity index (χ3n) is 3.08. The standard InChI is InChI=1S/C17H23NO3/c1-12(2)5-4-6-13(3)9-10-18-14-7-8-15(17(20)21)16(19)11-14/h5,7-9,11,18-19H,4,6,10H2,1-3H3,(H,20,21)/b13-9+. The van der Waals surface area contributed by atoms with E-state index in [1.165, 1.54) is 23.3 Å². The van der Waals surface area contributed by atoms with Crippen LogP contribution in [0.2, 0.25) is 0 Å². The van der Waals surface area contributed by atoms with Crippen molar-refractivity contribution in [2.45, 2.75) is 33.6 Å². The molecule has 1 aromatic carbocycles. The third kappa shape index (κ3) is 6.17. The summed E-state index contributed by atoms with van der Waals surface area (Å²) >= 11 is 0. The molecule has 0 aliphatic carbocycles. The van der Waals surface area contributed by atoms with Crippen molar-refractivity contribution in [3.8, 4) is 5.75 Å². The van der Waals surface area contributed by atoms with Gasteiger partial charge in [0, 0.05) is 18.3 Å². The Hall–Kier alpha value is -2.23. The van der Waals surface area contributed by atoms with Crippen LogP contribution >= 0.6 is 0 Å². The maximum atomic E-state index is 10.8. The monoisotopic (exact) mass is 289 g/mol. The Kier molecular flexibility index (Phi) is 6.53. The van der Waals surface area contributed by atoms with Crippen molar-refractivity contribution in [2.75, 3.05) is 11.9 Å². The average Bonchev–Trinajstić information content (AvgIpc) is 2.37. The molecule has 0 aliphatic heterocycles. The fraction of sp³-hybridized carbons (Fsp3) is 0.353. The van der Waals surface area contributed by atoms with Gasteiger partial charge in [0.05, 0.1) is 0 Å². The molecule has 0 unspecified atom stereocenters. The normalized spacial score (nSPS) is 11.1. The van der Waals surface area contributed by atoms with E-state index < -0.39 is 5.97 Å². The predicted octanol–water partition coefficient (Wildman–Crippen LogP) is 4.20. The third-order valence-corrected chi connectivity index (χ3v) is 3.08. The first kappa shape index (κ1) is 16.8. The molecule has 4 heteroatoms. The second-order valence-electron chi connectivity index (χ2n) is 5.29. The Morgan fingerprint density at radius 3 is 2.52 bits per heavy atom. The quantitative estimate of drug-likeness (QED) is 0.658. The molecule has 0 atom stereocenters. The Bertz CT molecular complexity index is 555. The first-order valence-corrected chi connectivity index (χ1v) is 6.99. The van der Waals surface area contributed by atoms with Crippen LogP contribution in [0.15, 0.2) is 41.5 Å². The summed E-state index contributed by atoms with van der Waals surface area (Å²) in [6.45, 7) is 6.92. The molecule has 0 saturated carbocycles. The number of allylic oxidation sites excluding steroid dienone is 3. The number of aromatic hydroxyl groups is 1. The SMILES string of the molecule is CC(C)=CCC/C(C)=C/CNc1ccc(C(=O)O)c(O)c1. The zero-order valence-corrected chi connectivity index (χ0v) is 12.8. The molecule has 0 aliphatic rings. The Balaban J connectivity index is 2.50. The van der Waals surface area contributed by atoms with Gasteiger partial charge < -0.3 is 15.5 Å².